The molecule has 0 aliphatic heterocycles. The first-order valence-electron chi connectivity index (χ1n) is 10.8. The molecule has 0 fully saturated rings. The fourth-order valence-electron chi connectivity index (χ4n) is 3.43. The summed E-state index contributed by atoms with van der Waals surface area (Å²) in [5, 5.41) is 4.95. The number of unbranched alkanes of at least 4 members (excludes halogenated alkanes) is 3. The van der Waals surface area contributed by atoms with Gasteiger partial charge in [0.15, 0.2) is 5.69 Å². The van der Waals surface area contributed by atoms with Gasteiger partial charge in [-0.1, -0.05) is 56.0 Å². The van der Waals surface area contributed by atoms with Crippen molar-refractivity contribution in [2.75, 3.05) is 20.8 Å². The molecule has 0 saturated carbocycles. The molecule has 3 aromatic rings. The van der Waals surface area contributed by atoms with Crippen molar-refractivity contribution >= 4 is 23.5 Å². The lowest BCUT2D eigenvalue weighted by Gasteiger charge is -2.09. The van der Waals surface area contributed by atoms with Gasteiger partial charge in [0.05, 0.1) is 31.5 Å². The number of nitrogens with zero attached hydrogens (tertiary/aromatic N) is 2. The lowest BCUT2D eigenvalue weighted by Crippen LogP contribution is -2.15. The first kappa shape index (κ1) is 24.3. The summed E-state index contributed by atoms with van der Waals surface area (Å²) in [4.78, 5) is 25.4. The van der Waals surface area contributed by atoms with Crippen LogP contribution in [-0.4, -0.2) is 42.5 Å². The highest BCUT2D eigenvalue weighted by Gasteiger charge is 2.31. The van der Waals surface area contributed by atoms with E-state index in [-0.39, 0.29) is 17.0 Å². The van der Waals surface area contributed by atoms with E-state index in [1.807, 2.05) is 6.07 Å². The van der Waals surface area contributed by atoms with Crippen LogP contribution in [0, 0.1) is 0 Å². The Labute approximate surface area is 198 Å². The Morgan fingerprint density at radius 3 is 2.33 bits per heavy atom. The average Bonchev–Trinajstić information content (AvgIpc) is 3.25. The third-order valence-electron chi connectivity index (χ3n) is 5.12. The number of para-hydroxylation sites is 1. The van der Waals surface area contributed by atoms with Crippen molar-refractivity contribution in [3.05, 3.63) is 64.8 Å². The molecular weight excluding hydrogens is 444 g/mol. The van der Waals surface area contributed by atoms with E-state index in [0.29, 0.717) is 28.6 Å². The van der Waals surface area contributed by atoms with E-state index in [1.54, 1.807) is 42.5 Å². The molecule has 8 heteroatoms. The van der Waals surface area contributed by atoms with Gasteiger partial charge in [-0.3, -0.25) is 0 Å². The van der Waals surface area contributed by atoms with Crippen LogP contribution in [0.2, 0.25) is 5.02 Å². The summed E-state index contributed by atoms with van der Waals surface area (Å²) >= 11 is 6.47. The number of aromatic nitrogens is 2. The van der Waals surface area contributed by atoms with Crippen molar-refractivity contribution in [2.24, 2.45) is 0 Å². The number of hydrogen-bond acceptors (Lipinski definition) is 6. The summed E-state index contributed by atoms with van der Waals surface area (Å²) in [6, 6.07) is 14.1. The van der Waals surface area contributed by atoms with E-state index in [0.717, 1.165) is 19.3 Å². The van der Waals surface area contributed by atoms with E-state index < -0.39 is 11.9 Å². The van der Waals surface area contributed by atoms with E-state index in [9.17, 15) is 9.59 Å². The van der Waals surface area contributed by atoms with Crippen molar-refractivity contribution < 1.29 is 23.8 Å². The molecule has 0 bridgehead atoms. The van der Waals surface area contributed by atoms with Crippen molar-refractivity contribution in [2.45, 2.75) is 32.6 Å². The van der Waals surface area contributed by atoms with E-state index in [4.69, 9.17) is 25.8 Å². The maximum Gasteiger partial charge on any atom is 0.357 e. The highest BCUT2D eigenvalue weighted by atomic mass is 35.5. The van der Waals surface area contributed by atoms with Gasteiger partial charge in [-0.05, 0) is 36.8 Å². The number of hydrogen-bond donors (Lipinski definition) is 0. The van der Waals surface area contributed by atoms with Crippen LogP contribution >= 0.6 is 11.6 Å². The monoisotopic (exact) mass is 470 g/mol. The first-order valence-corrected chi connectivity index (χ1v) is 11.2. The fraction of sp³-hybridized carbons (Fsp3) is 0.320. The van der Waals surface area contributed by atoms with Crippen molar-refractivity contribution in [1.82, 2.24) is 9.78 Å². The molecule has 0 atom stereocenters. The van der Waals surface area contributed by atoms with Crippen LogP contribution in [0.3, 0.4) is 0 Å². The van der Waals surface area contributed by atoms with Crippen LogP contribution in [0.1, 0.15) is 53.5 Å². The van der Waals surface area contributed by atoms with Gasteiger partial charge in [-0.2, -0.15) is 5.10 Å². The summed E-state index contributed by atoms with van der Waals surface area (Å²) in [5.74, 6) is -0.872. The van der Waals surface area contributed by atoms with Gasteiger partial charge in [0, 0.05) is 5.56 Å². The van der Waals surface area contributed by atoms with Gasteiger partial charge in [-0.15, -0.1) is 0 Å². The van der Waals surface area contributed by atoms with Crippen LogP contribution in [0.4, 0.5) is 0 Å². The van der Waals surface area contributed by atoms with Gasteiger partial charge in [-0.25, -0.2) is 14.3 Å². The zero-order valence-electron chi connectivity index (χ0n) is 19.0. The van der Waals surface area contributed by atoms with Crippen molar-refractivity contribution in [1.29, 1.82) is 0 Å². The summed E-state index contributed by atoms with van der Waals surface area (Å²) < 4.78 is 17.1. The second-order valence-electron chi connectivity index (χ2n) is 7.36. The molecule has 0 radical (unpaired) electrons. The predicted molar refractivity (Wildman–Crippen MR) is 126 cm³/mol. The summed E-state index contributed by atoms with van der Waals surface area (Å²) in [5.41, 5.74) is 1.35. The molecule has 174 valence electrons. The van der Waals surface area contributed by atoms with E-state index in [2.05, 4.69) is 12.0 Å². The fourth-order valence-corrected chi connectivity index (χ4v) is 3.67. The number of methoxy groups -OCH3 is 2. The molecule has 7 nitrogen and oxygen atoms in total. The number of carbonyl (C=O) groups excluding carboxylic acids is 2. The molecule has 0 spiro atoms. The van der Waals surface area contributed by atoms with Gasteiger partial charge >= 0.3 is 11.9 Å². The second-order valence-corrected chi connectivity index (χ2v) is 7.76. The SMILES string of the molecule is CCCCCCOc1ccc(-c2nn(-c3ccccc3)c(C(=O)OC)c2C(=O)OC)cc1Cl. The highest BCUT2D eigenvalue weighted by molar-refractivity contribution is 6.32. The summed E-state index contributed by atoms with van der Waals surface area (Å²) in [6.07, 6.45) is 4.37. The Balaban J connectivity index is 2.05. The molecule has 0 aliphatic carbocycles. The third kappa shape index (κ3) is 5.54. The maximum atomic E-state index is 12.7. The molecule has 2 aromatic carbocycles. The molecule has 0 unspecified atom stereocenters. The largest absolute Gasteiger partial charge is 0.492 e. The first-order chi connectivity index (χ1) is 16.0. The van der Waals surface area contributed by atoms with Crippen molar-refractivity contribution in [3.8, 4) is 22.7 Å². The zero-order chi connectivity index (χ0) is 23.8. The van der Waals surface area contributed by atoms with Crippen molar-refractivity contribution in [3.63, 3.8) is 0 Å². The van der Waals surface area contributed by atoms with E-state index >= 15 is 0 Å². The minimum Gasteiger partial charge on any atom is -0.492 e. The molecule has 0 aliphatic rings. The minimum absolute atomic E-state index is 0.00231. The number of rotatable bonds is 10. The molecule has 0 amide bonds. The lowest BCUT2D eigenvalue weighted by molar-refractivity contribution is 0.0549. The topological polar surface area (TPSA) is 79.7 Å². The number of esters is 2. The standard InChI is InChI=1S/C25H27ClN2O5/c1-4-5-6-10-15-33-20-14-13-17(16-19(20)26)22-21(24(29)31-2)23(25(30)32-3)28(27-22)18-11-8-7-9-12-18/h7-9,11-14,16H,4-6,10,15H2,1-3H3. The van der Waals surface area contributed by atoms with Crippen LogP contribution in [0.5, 0.6) is 5.75 Å². The minimum atomic E-state index is -0.712. The molecule has 3 rings (SSSR count). The number of benzene rings is 2. The molecule has 1 heterocycles. The Hall–Kier alpha value is -3.32. The summed E-state index contributed by atoms with van der Waals surface area (Å²) in [6.45, 7) is 2.73. The summed E-state index contributed by atoms with van der Waals surface area (Å²) in [7, 11) is 2.49. The predicted octanol–water partition coefficient (Wildman–Crippen LogP) is 5.73. The van der Waals surface area contributed by atoms with Gasteiger partial charge < -0.3 is 14.2 Å². The lowest BCUT2D eigenvalue weighted by atomic mass is 10.1. The Morgan fingerprint density at radius 1 is 0.970 bits per heavy atom. The van der Waals surface area contributed by atoms with Crippen LogP contribution in [0.25, 0.3) is 16.9 Å². The van der Waals surface area contributed by atoms with Gasteiger partial charge in [0.25, 0.3) is 0 Å². The van der Waals surface area contributed by atoms with E-state index in [1.165, 1.54) is 25.3 Å². The molecule has 33 heavy (non-hydrogen) atoms. The highest BCUT2D eigenvalue weighted by Crippen LogP contribution is 2.34. The smallest absolute Gasteiger partial charge is 0.357 e. The average molecular weight is 471 g/mol. The maximum absolute atomic E-state index is 12.7. The third-order valence-corrected chi connectivity index (χ3v) is 5.41. The van der Waals surface area contributed by atoms with Gasteiger partial charge in [0.1, 0.15) is 17.0 Å². The molecular formula is C25H27ClN2O5. The van der Waals surface area contributed by atoms with Gasteiger partial charge in [0.2, 0.25) is 0 Å². The number of carbonyl (C=O) groups is 2. The number of halogens is 1. The quantitative estimate of drug-likeness (QED) is 0.278. The Kier molecular flexibility index (Phi) is 8.49. The Morgan fingerprint density at radius 2 is 1.70 bits per heavy atom. The second kappa shape index (κ2) is 11.5. The molecule has 0 saturated heterocycles. The molecule has 0 N–H and O–H groups in total. The Bertz CT molecular complexity index is 1110. The molecule has 1 aromatic heterocycles. The normalized spacial score (nSPS) is 10.7. The van der Waals surface area contributed by atoms with Crippen LogP contribution in [0.15, 0.2) is 48.5 Å². The van der Waals surface area contributed by atoms with Crippen LogP contribution < -0.4 is 4.74 Å². The van der Waals surface area contributed by atoms with Crippen LogP contribution in [-0.2, 0) is 9.47 Å². The zero-order valence-corrected chi connectivity index (χ0v) is 19.7. The number of ether oxygens (including phenoxy) is 3.